The molecule has 3 heteroatoms. The van der Waals surface area contributed by atoms with E-state index in [9.17, 15) is 0 Å². The molecule has 8 aromatic carbocycles. The van der Waals surface area contributed by atoms with Crippen molar-refractivity contribution in [1.29, 1.82) is 0 Å². The summed E-state index contributed by atoms with van der Waals surface area (Å²) in [6, 6.07) is 57.6. The monoisotopic (exact) mass is 708 g/mol. The summed E-state index contributed by atoms with van der Waals surface area (Å²) < 4.78 is 15.2. The molecule has 0 unspecified atom stereocenters. The van der Waals surface area contributed by atoms with E-state index in [-0.39, 0.29) is 5.41 Å². The summed E-state index contributed by atoms with van der Waals surface area (Å²) in [6.45, 7) is 4.75. The highest BCUT2D eigenvalue weighted by atomic mass is 32.1. The molecule has 3 aromatic heterocycles. The predicted molar refractivity (Wildman–Crippen MR) is 228 cm³/mol. The van der Waals surface area contributed by atoms with Gasteiger partial charge in [0.2, 0.25) is 0 Å². The van der Waals surface area contributed by atoms with Gasteiger partial charge < -0.3 is 8.83 Å². The normalized spacial score (nSPS) is 13.5. The molecule has 12 rings (SSSR count). The van der Waals surface area contributed by atoms with Crippen LogP contribution in [0.3, 0.4) is 0 Å². The average Bonchev–Trinajstić information content (AvgIpc) is 3.95. The van der Waals surface area contributed by atoms with E-state index < -0.39 is 0 Å². The summed E-state index contributed by atoms with van der Waals surface area (Å²) in [7, 11) is 0. The first-order valence-electron chi connectivity index (χ1n) is 18.6. The van der Waals surface area contributed by atoms with Crippen LogP contribution in [0.25, 0.3) is 109 Å². The third-order valence-electron chi connectivity index (χ3n) is 11.9. The Morgan fingerprint density at radius 1 is 0.389 bits per heavy atom. The molecule has 0 N–H and O–H groups in total. The molecule has 3 heterocycles. The molecule has 2 nitrogen and oxygen atoms in total. The molecule has 0 fully saturated rings. The van der Waals surface area contributed by atoms with Crippen LogP contribution in [0.1, 0.15) is 25.0 Å². The van der Waals surface area contributed by atoms with E-state index in [2.05, 4.69) is 147 Å². The summed E-state index contributed by atoms with van der Waals surface area (Å²) in [5.74, 6) is 0. The molecule has 11 aromatic rings. The summed E-state index contributed by atoms with van der Waals surface area (Å²) in [5.41, 5.74) is 16.1. The lowest BCUT2D eigenvalue weighted by molar-refractivity contribution is 0.661. The Kier molecular flexibility index (Phi) is 6.03. The number of hydrogen-bond acceptors (Lipinski definition) is 3. The van der Waals surface area contributed by atoms with Crippen LogP contribution in [0.4, 0.5) is 0 Å². The maximum atomic E-state index is 6.23. The second-order valence-electron chi connectivity index (χ2n) is 15.3. The number of rotatable bonds is 3. The maximum Gasteiger partial charge on any atom is 0.135 e. The van der Waals surface area contributed by atoms with Crippen LogP contribution in [-0.4, -0.2) is 0 Å². The minimum Gasteiger partial charge on any atom is -0.456 e. The van der Waals surface area contributed by atoms with E-state index in [1.165, 1.54) is 64.7 Å². The average molecular weight is 709 g/mol. The number of furan rings is 2. The van der Waals surface area contributed by atoms with Gasteiger partial charge in [-0.05, 0) is 117 Å². The number of thiophene rings is 1. The quantitative estimate of drug-likeness (QED) is 0.183. The van der Waals surface area contributed by atoms with Gasteiger partial charge in [0, 0.05) is 52.7 Å². The standard InChI is InChI=1S/C51H32O2S/c1-51(2)42-19-15-29(28-41(42)49-43(51)20-18-38-37-11-5-8-14-48(37)54-50(38)49)32-23-33(30-16-21-46-39(26-30)35-9-3-6-12-44(35)52-46)25-34(24-32)31-17-22-47-40(27-31)36-10-4-7-13-45(36)53-47/h3-28H,1-2H3. The van der Waals surface area contributed by atoms with E-state index in [1.54, 1.807) is 0 Å². The summed E-state index contributed by atoms with van der Waals surface area (Å²) in [6.07, 6.45) is 0. The van der Waals surface area contributed by atoms with Crippen LogP contribution in [0, 0.1) is 0 Å². The van der Waals surface area contributed by atoms with Crippen molar-refractivity contribution in [2.75, 3.05) is 0 Å². The molecular weight excluding hydrogens is 677 g/mol. The minimum absolute atomic E-state index is 0.0911. The first-order valence-corrected chi connectivity index (χ1v) is 19.4. The smallest absolute Gasteiger partial charge is 0.135 e. The highest BCUT2D eigenvalue weighted by Crippen LogP contribution is 2.54. The van der Waals surface area contributed by atoms with E-state index in [0.717, 1.165) is 55.0 Å². The summed E-state index contributed by atoms with van der Waals surface area (Å²) in [5, 5.41) is 7.21. The van der Waals surface area contributed by atoms with Gasteiger partial charge in [0.1, 0.15) is 22.3 Å². The second kappa shape index (κ2) is 10.8. The molecule has 54 heavy (non-hydrogen) atoms. The third kappa shape index (κ3) is 4.22. The molecule has 0 radical (unpaired) electrons. The van der Waals surface area contributed by atoms with E-state index in [1.807, 2.05) is 35.6 Å². The summed E-state index contributed by atoms with van der Waals surface area (Å²) >= 11 is 1.92. The maximum absolute atomic E-state index is 6.23. The second-order valence-corrected chi connectivity index (χ2v) is 16.3. The van der Waals surface area contributed by atoms with E-state index in [4.69, 9.17) is 8.83 Å². The molecule has 0 aliphatic heterocycles. The minimum atomic E-state index is -0.0911. The third-order valence-corrected chi connectivity index (χ3v) is 13.1. The zero-order valence-electron chi connectivity index (χ0n) is 29.7. The molecule has 1 aliphatic carbocycles. The highest BCUT2D eigenvalue weighted by Gasteiger charge is 2.37. The van der Waals surface area contributed by atoms with Gasteiger partial charge in [0.05, 0.1) is 0 Å². The van der Waals surface area contributed by atoms with Gasteiger partial charge >= 0.3 is 0 Å². The van der Waals surface area contributed by atoms with Crippen LogP contribution >= 0.6 is 11.3 Å². The summed E-state index contributed by atoms with van der Waals surface area (Å²) in [4.78, 5) is 0. The number of para-hydroxylation sites is 2. The lowest BCUT2D eigenvalue weighted by Gasteiger charge is -2.21. The van der Waals surface area contributed by atoms with E-state index >= 15 is 0 Å². The molecule has 0 saturated heterocycles. The first kappa shape index (κ1) is 30.1. The topological polar surface area (TPSA) is 26.3 Å². The Balaban J connectivity index is 1.09. The number of hydrogen-bond donors (Lipinski definition) is 0. The van der Waals surface area contributed by atoms with Crippen LogP contribution in [0.5, 0.6) is 0 Å². The predicted octanol–water partition coefficient (Wildman–Crippen LogP) is 15.2. The Morgan fingerprint density at radius 2 is 0.889 bits per heavy atom. The van der Waals surface area contributed by atoms with Crippen molar-refractivity contribution < 1.29 is 8.83 Å². The lowest BCUT2D eigenvalue weighted by Crippen LogP contribution is -2.14. The van der Waals surface area contributed by atoms with Gasteiger partial charge in [0.25, 0.3) is 0 Å². The van der Waals surface area contributed by atoms with Gasteiger partial charge in [-0.3, -0.25) is 0 Å². The fourth-order valence-corrected chi connectivity index (χ4v) is 10.4. The largest absolute Gasteiger partial charge is 0.456 e. The fourth-order valence-electron chi connectivity index (χ4n) is 9.14. The molecule has 0 saturated carbocycles. The van der Waals surface area contributed by atoms with E-state index in [0.29, 0.717) is 0 Å². The van der Waals surface area contributed by atoms with Gasteiger partial charge in [-0.15, -0.1) is 11.3 Å². The molecule has 1 aliphatic rings. The van der Waals surface area contributed by atoms with Gasteiger partial charge in [-0.2, -0.15) is 0 Å². The van der Waals surface area contributed by atoms with Crippen molar-refractivity contribution in [3.05, 3.63) is 169 Å². The Hall–Kier alpha value is -6.42. The van der Waals surface area contributed by atoms with Gasteiger partial charge in [-0.25, -0.2) is 0 Å². The van der Waals surface area contributed by atoms with Gasteiger partial charge in [-0.1, -0.05) is 105 Å². The van der Waals surface area contributed by atoms with Crippen LogP contribution in [0.15, 0.2) is 167 Å². The molecule has 254 valence electrons. The van der Waals surface area contributed by atoms with Gasteiger partial charge in [0.15, 0.2) is 0 Å². The van der Waals surface area contributed by atoms with Crippen LogP contribution < -0.4 is 0 Å². The first-order chi connectivity index (χ1) is 26.5. The molecule has 0 atom stereocenters. The molecular formula is C51H32O2S. The van der Waals surface area contributed by atoms with Crippen LogP contribution in [-0.2, 0) is 5.41 Å². The molecule has 0 spiro atoms. The molecule has 0 amide bonds. The highest BCUT2D eigenvalue weighted by molar-refractivity contribution is 7.26. The lowest BCUT2D eigenvalue weighted by atomic mass is 9.82. The van der Waals surface area contributed by atoms with Crippen molar-refractivity contribution in [3.63, 3.8) is 0 Å². The van der Waals surface area contributed by atoms with Crippen molar-refractivity contribution >= 4 is 75.4 Å². The van der Waals surface area contributed by atoms with Crippen LogP contribution in [0.2, 0.25) is 0 Å². The van der Waals surface area contributed by atoms with Crippen molar-refractivity contribution in [2.24, 2.45) is 0 Å². The van der Waals surface area contributed by atoms with Crippen molar-refractivity contribution in [2.45, 2.75) is 19.3 Å². The Bertz CT molecular complexity index is 3240. The Labute approximate surface area is 315 Å². The Morgan fingerprint density at radius 3 is 1.52 bits per heavy atom. The number of fused-ring (bicyclic) bond motifs is 13. The zero-order valence-corrected chi connectivity index (χ0v) is 30.6. The van der Waals surface area contributed by atoms with Crippen molar-refractivity contribution in [3.8, 4) is 44.5 Å². The van der Waals surface area contributed by atoms with Crippen molar-refractivity contribution in [1.82, 2.24) is 0 Å². The zero-order chi connectivity index (χ0) is 35.7. The fraction of sp³-hybridized carbons (Fsp3) is 0.0588. The number of benzene rings is 8. The molecule has 0 bridgehead atoms. The SMILES string of the molecule is CC1(C)c2ccc(-c3cc(-c4ccc5oc6ccccc6c5c4)cc(-c4ccc5oc6ccccc6c5c4)c3)cc2-c2c1ccc1c2sc2ccccc21.